The van der Waals surface area contributed by atoms with E-state index in [1.807, 2.05) is 0 Å². The van der Waals surface area contributed by atoms with E-state index in [1.165, 1.54) is 0 Å². The minimum absolute atomic E-state index is 0.260. The second-order valence-electron chi connectivity index (χ2n) is 5.45. The molecule has 6 nitrogen and oxygen atoms in total. The van der Waals surface area contributed by atoms with Gasteiger partial charge in [-0.25, -0.2) is 15.0 Å². The number of hydrogen-bond donors (Lipinski definition) is 1. The van der Waals surface area contributed by atoms with E-state index in [4.69, 9.17) is 10.2 Å². The lowest BCUT2D eigenvalue weighted by Gasteiger charge is -2.12. The number of nitrogens with zero attached hydrogens (tertiary/aromatic N) is 4. The molecule has 3 aromatic heterocycles. The lowest BCUT2D eigenvalue weighted by Crippen LogP contribution is -2.05. The molecule has 3 aromatic rings. The Morgan fingerprint density at radius 2 is 2.17 bits per heavy atom. The number of nitrogens with two attached hydrogens (primary N) is 1. The van der Waals surface area contributed by atoms with Gasteiger partial charge >= 0.3 is 0 Å². The van der Waals surface area contributed by atoms with Crippen molar-refractivity contribution in [1.29, 1.82) is 5.26 Å². The van der Waals surface area contributed by atoms with Crippen LogP contribution >= 0.6 is 11.8 Å². The summed E-state index contributed by atoms with van der Waals surface area (Å²) in [5.41, 5.74) is 9.95. The molecule has 7 heteroatoms. The van der Waals surface area contributed by atoms with Crippen LogP contribution in [0.4, 0.5) is 5.82 Å². The average Bonchev–Trinajstić information content (AvgIpc) is 3.25. The molecule has 0 aliphatic carbocycles. The van der Waals surface area contributed by atoms with E-state index < -0.39 is 0 Å². The van der Waals surface area contributed by atoms with Crippen LogP contribution in [0.5, 0.6) is 0 Å². The minimum atomic E-state index is 0.260. The van der Waals surface area contributed by atoms with E-state index in [9.17, 15) is 5.26 Å². The highest BCUT2D eigenvalue weighted by molar-refractivity contribution is 7.99. The quantitative estimate of drug-likeness (QED) is 0.764. The molecule has 2 N–H and O–H groups in total. The molecule has 1 atom stereocenters. The zero-order valence-corrected chi connectivity index (χ0v) is 13.7. The van der Waals surface area contributed by atoms with E-state index in [0.717, 1.165) is 28.1 Å². The van der Waals surface area contributed by atoms with Gasteiger partial charge in [-0.3, -0.25) is 0 Å². The van der Waals surface area contributed by atoms with Crippen molar-refractivity contribution in [3.63, 3.8) is 0 Å². The summed E-state index contributed by atoms with van der Waals surface area (Å²) in [6.45, 7) is 2.09. The van der Waals surface area contributed by atoms with Gasteiger partial charge in [0, 0.05) is 34.5 Å². The number of rotatable bonds is 2. The van der Waals surface area contributed by atoms with Gasteiger partial charge in [0.25, 0.3) is 0 Å². The predicted molar refractivity (Wildman–Crippen MR) is 91.8 cm³/mol. The van der Waals surface area contributed by atoms with Gasteiger partial charge in [-0.15, -0.1) is 11.8 Å². The molecule has 0 aromatic carbocycles. The lowest BCUT2D eigenvalue weighted by atomic mass is 9.96. The Morgan fingerprint density at radius 1 is 1.38 bits per heavy atom. The maximum Gasteiger partial charge on any atom is 0.195 e. The van der Waals surface area contributed by atoms with Crippen molar-refractivity contribution in [3.8, 4) is 28.8 Å². The molecule has 0 fully saturated rings. The molecule has 118 valence electrons. The molecule has 4 rings (SSSR count). The molecule has 0 radical (unpaired) electrons. The number of furan rings is 1. The van der Waals surface area contributed by atoms with Gasteiger partial charge in [-0.1, -0.05) is 0 Å². The summed E-state index contributed by atoms with van der Waals surface area (Å²) in [6.07, 6.45) is 4.98. The molecule has 0 saturated carbocycles. The van der Waals surface area contributed by atoms with E-state index in [0.29, 0.717) is 17.1 Å². The van der Waals surface area contributed by atoms with Crippen LogP contribution in [0.3, 0.4) is 0 Å². The molecular formula is C17H13N5OS. The smallest absolute Gasteiger partial charge is 0.195 e. The SMILES string of the molecule is CC1SCc2c1nc(N)c(C#N)c2-c1cnc(-c2ccco2)nc1. The zero-order chi connectivity index (χ0) is 16.7. The van der Waals surface area contributed by atoms with E-state index in [1.54, 1.807) is 42.6 Å². The van der Waals surface area contributed by atoms with Crippen LogP contribution < -0.4 is 5.73 Å². The van der Waals surface area contributed by atoms with Crippen LogP contribution in [0.25, 0.3) is 22.7 Å². The standard InChI is InChI=1S/C17H13N5OS/c1-9-15-12(8-24-9)14(11(5-18)16(19)22-15)10-6-20-17(21-7-10)13-3-2-4-23-13/h2-4,6-7,9H,8H2,1H3,(H2,19,22). The predicted octanol–water partition coefficient (Wildman–Crippen LogP) is 3.56. The summed E-state index contributed by atoms with van der Waals surface area (Å²) in [7, 11) is 0. The number of pyridine rings is 1. The Kier molecular flexibility index (Phi) is 3.47. The Labute approximate surface area is 142 Å². The molecule has 1 unspecified atom stereocenters. The van der Waals surface area contributed by atoms with Crippen molar-refractivity contribution in [2.75, 3.05) is 5.73 Å². The highest BCUT2D eigenvalue weighted by Gasteiger charge is 2.28. The van der Waals surface area contributed by atoms with Crippen molar-refractivity contribution < 1.29 is 4.42 Å². The summed E-state index contributed by atoms with van der Waals surface area (Å²) in [5, 5.41) is 9.79. The van der Waals surface area contributed by atoms with E-state index in [-0.39, 0.29) is 11.1 Å². The number of thioether (sulfide) groups is 1. The van der Waals surface area contributed by atoms with Gasteiger partial charge in [-0.2, -0.15) is 5.26 Å². The fourth-order valence-corrected chi connectivity index (χ4v) is 3.91. The van der Waals surface area contributed by atoms with E-state index in [2.05, 4.69) is 27.9 Å². The number of aromatic nitrogens is 3. The number of fused-ring (bicyclic) bond motifs is 1. The Hall–Kier alpha value is -2.85. The highest BCUT2D eigenvalue weighted by Crippen LogP contribution is 2.46. The van der Waals surface area contributed by atoms with Crippen LogP contribution in [0.15, 0.2) is 35.2 Å². The molecule has 0 amide bonds. The Morgan fingerprint density at radius 3 is 2.83 bits per heavy atom. The van der Waals surface area contributed by atoms with Crippen LogP contribution in [-0.4, -0.2) is 15.0 Å². The first kappa shape index (κ1) is 14.7. The third-order valence-electron chi connectivity index (χ3n) is 4.01. The first-order valence-electron chi connectivity index (χ1n) is 7.39. The number of nitrogen functional groups attached to an aromatic ring is 1. The van der Waals surface area contributed by atoms with Crippen molar-refractivity contribution in [1.82, 2.24) is 15.0 Å². The minimum Gasteiger partial charge on any atom is -0.461 e. The van der Waals surface area contributed by atoms with Gasteiger partial charge in [0.05, 0.1) is 12.0 Å². The van der Waals surface area contributed by atoms with Crippen molar-refractivity contribution in [2.45, 2.75) is 17.9 Å². The van der Waals surface area contributed by atoms with Crippen molar-refractivity contribution >= 4 is 17.6 Å². The molecule has 0 saturated heterocycles. The van der Waals surface area contributed by atoms with Crippen molar-refractivity contribution in [2.24, 2.45) is 0 Å². The van der Waals surface area contributed by atoms with Crippen LogP contribution in [0, 0.1) is 11.3 Å². The zero-order valence-electron chi connectivity index (χ0n) is 12.9. The number of anilines is 1. The fraction of sp³-hybridized carbons (Fsp3) is 0.176. The summed E-state index contributed by atoms with van der Waals surface area (Å²) in [4.78, 5) is 13.2. The summed E-state index contributed by atoms with van der Waals surface area (Å²) >= 11 is 1.78. The van der Waals surface area contributed by atoms with Gasteiger partial charge in [0.15, 0.2) is 11.6 Å². The Balaban J connectivity index is 1.88. The fourth-order valence-electron chi connectivity index (χ4n) is 2.85. The monoisotopic (exact) mass is 335 g/mol. The maximum atomic E-state index is 9.53. The van der Waals surface area contributed by atoms with E-state index >= 15 is 0 Å². The third-order valence-corrected chi connectivity index (χ3v) is 5.19. The number of nitriles is 1. The molecule has 1 aliphatic rings. The van der Waals surface area contributed by atoms with Gasteiger partial charge < -0.3 is 10.2 Å². The molecule has 24 heavy (non-hydrogen) atoms. The topological polar surface area (TPSA) is 102 Å². The largest absolute Gasteiger partial charge is 0.461 e. The third kappa shape index (κ3) is 2.23. The molecule has 4 heterocycles. The highest BCUT2D eigenvalue weighted by atomic mass is 32.2. The summed E-state index contributed by atoms with van der Waals surface area (Å²) in [5.74, 6) is 2.17. The van der Waals surface area contributed by atoms with Crippen LogP contribution in [0.2, 0.25) is 0 Å². The number of hydrogen-bond acceptors (Lipinski definition) is 7. The second kappa shape index (κ2) is 5.65. The molecule has 1 aliphatic heterocycles. The van der Waals surface area contributed by atoms with Crippen LogP contribution in [0.1, 0.15) is 29.0 Å². The molecular weight excluding hydrogens is 322 g/mol. The molecule has 0 spiro atoms. The van der Waals surface area contributed by atoms with Gasteiger partial charge in [0.1, 0.15) is 17.5 Å². The van der Waals surface area contributed by atoms with Crippen molar-refractivity contribution in [3.05, 3.63) is 47.6 Å². The Bertz CT molecular complexity index is 945. The second-order valence-corrected chi connectivity index (χ2v) is 6.78. The first-order chi connectivity index (χ1) is 11.7. The summed E-state index contributed by atoms with van der Waals surface area (Å²) in [6, 6.07) is 5.77. The first-order valence-corrected chi connectivity index (χ1v) is 8.44. The van der Waals surface area contributed by atoms with Gasteiger partial charge in [0.2, 0.25) is 0 Å². The summed E-state index contributed by atoms with van der Waals surface area (Å²) < 4.78 is 5.31. The maximum absolute atomic E-state index is 9.53. The average molecular weight is 335 g/mol. The molecule has 0 bridgehead atoms. The lowest BCUT2D eigenvalue weighted by molar-refractivity contribution is 0.577. The normalized spacial score (nSPS) is 15.9. The van der Waals surface area contributed by atoms with Crippen LogP contribution in [-0.2, 0) is 5.75 Å². The van der Waals surface area contributed by atoms with Gasteiger partial charge in [-0.05, 0) is 24.6 Å².